The topological polar surface area (TPSA) is 18.5 Å². The van der Waals surface area contributed by atoms with Gasteiger partial charge >= 0.3 is 0 Å². The van der Waals surface area contributed by atoms with Crippen molar-refractivity contribution in [2.24, 2.45) is 11.8 Å². The second kappa shape index (κ2) is 6.70. The Morgan fingerprint density at radius 2 is 1.90 bits per heavy atom. The first-order valence-electron chi connectivity index (χ1n) is 8.11. The molecule has 0 saturated heterocycles. The molecule has 0 saturated carbocycles. The van der Waals surface area contributed by atoms with Gasteiger partial charge < -0.3 is 9.16 Å². The molecule has 1 aliphatic carbocycles. The molecule has 0 radical (unpaired) electrons. The van der Waals surface area contributed by atoms with Gasteiger partial charge in [0, 0.05) is 0 Å². The molecule has 3 heteroatoms. The summed E-state index contributed by atoms with van der Waals surface area (Å²) in [5.41, 5.74) is 2.81. The van der Waals surface area contributed by atoms with Gasteiger partial charge in [-0.3, -0.25) is 0 Å². The highest BCUT2D eigenvalue weighted by atomic mass is 28.4. The molecule has 0 bridgehead atoms. The first-order chi connectivity index (χ1) is 9.51. The lowest BCUT2D eigenvalue weighted by atomic mass is 9.89. The predicted octanol–water partition coefficient (Wildman–Crippen LogP) is 5.53. The highest BCUT2D eigenvalue weighted by Crippen LogP contribution is 2.43. The zero-order valence-electron chi connectivity index (χ0n) is 15.2. The van der Waals surface area contributed by atoms with Crippen molar-refractivity contribution in [2.75, 3.05) is 6.61 Å². The van der Waals surface area contributed by atoms with Crippen molar-refractivity contribution in [1.82, 2.24) is 0 Å². The maximum absolute atomic E-state index is 6.67. The van der Waals surface area contributed by atoms with E-state index in [0.29, 0.717) is 18.4 Å². The molecule has 2 nitrogen and oxygen atoms in total. The lowest BCUT2D eigenvalue weighted by Gasteiger charge is -2.39. The Kier molecular flexibility index (Phi) is 5.90. The van der Waals surface area contributed by atoms with Gasteiger partial charge in [0.1, 0.15) is 6.61 Å². The molecule has 21 heavy (non-hydrogen) atoms. The maximum atomic E-state index is 6.67. The van der Waals surface area contributed by atoms with Gasteiger partial charge in [0.15, 0.2) is 8.32 Å². The summed E-state index contributed by atoms with van der Waals surface area (Å²) in [6, 6.07) is 0. The third kappa shape index (κ3) is 4.23. The Hall–Kier alpha value is -0.543. The van der Waals surface area contributed by atoms with Crippen molar-refractivity contribution >= 4 is 8.32 Å². The normalized spacial score (nSPS) is 23.9. The van der Waals surface area contributed by atoms with E-state index in [-0.39, 0.29) is 11.1 Å². The van der Waals surface area contributed by atoms with Crippen molar-refractivity contribution < 1.29 is 9.16 Å². The van der Waals surface area contributed by atoms with Crippen LogP contribution in [0.15, 0.2) is 24.0 Å². The molecule has 122 valence electrons. The fourth-order valence-corrected chi connectivity index (χ4v) is 4.10. The van der Waals surface area contributed by atoms with E-state index in [4.69, 9.17) is 9.16 Å². The minimum Gasteiger partial charge on any atom is -0.497 e. The van der Waals surface area contributed by atoms with Crippen LogP contribution in [0.2, 0.25) is 18.1 Å². The van der Waals surface area contributed by atoms with E-state index in [1.807, 2.05) is 0 Å². The molecule has 1 aliphatic rings. The van der Waals surface area contributed by atoms with E-state index >= 15 is 0 Å². The van der Waals surface area contributed by atoms with Crippen LogP contribution in [-0.2, 0) is 9.16 Å². The molecule has 1 rings (SSSR count). The van der Waals surface area contributed by atoms with Crippen LogP contribution in [0.3, 0.4) is 0 Å². The minimum atomic E-state index is -1.73. The second-order valence-corrected chi connectivity index (χ2v) is 12.9. The Balaban J connectivity index is 2.95. The van der Waals surface area contributed by atoms with Crippen molar-refractivity contribution in [2.45, 2.75) is 72.2 Å². The van der Waals surface area contributed by atoms with Gasteiger partial charge in [0.05, 0.1) is 12.4 Å². The Morgan fingerprint density at radius 1 is 1.33 bits per heavy atom. The van der Waals surface area contributed by atoms with Crippen molar-refractivity contribution in [3.63, 3.8) is 0 Å². The molecular formula is C18H34O2Si. The summed E-state index contributed by atoms with van der Waals surface area (Å²) in [6.45, 7) is 22.7. The second-order valence-electron chi connectivity index (χ2n) is 8.14. The van der Waals surface area contributed by atoms with Gasteiger partial charge in [0.25, 0.3) is 0 Å². The lowest BCUT2D eigenvalue weighted by molar-refractivity contribution is 0.192. The molecule has 0 heterocycles. The van der Waals surface area contributed by atoms with Gasteiger partial charge in [-0.1, -0.05) is 41.2 Å². The molecule has 0 amide bonds. The Morgan fingerprint density at radius 3 is 2.33 bits per heavy atom. The third-order valence-electron chi connectivity index (χ3n) is 5.31. The highest BCUT2D eigenvalue weighted by molar-refractivity contribution is 6.74. The average molecular weight is 311 g/mol. The number of ether oxygens (including phenoxy) is 1. The van der Waals surface area contributed by atoms with Crippen molar-refractivity contribution in [3.05, 3.63) is 24.0 Å². The third-order valence-corrected chi connectivity index (χ3v) is 9.80. The summed E-state index contributed by atoms with van der Waals surface area (Å²) >= 11 is 0. The molecule has 0 fully saturated rings. The van der Waals surface area contributed by atoms with Crippen LogP contribution in [0.25, 0.3) is 0 Å². The quantitative estimate of drug-likeness (QED) is 0.365. The number of rotatable bonds is 6. The largest absolute Gasteiger partial charge is 0.497 e. The van der Waals surface area contributed by atoms with Gasteiger partial charge in [-0.25, -0.2) is 0 Å². The molecule has 0 N–H and O–H groups in total. The van der Waals surface area contributed by atoms with E-state index in [9.17, 15) is 0 Å². The SMILES string of the molecule is C=COCC1=C(C)[C@H](O[Si](C)(C)C(C)(C)C)C[C@@H]1C(C)C. The summed E-state index contributed by atoms with van der Waals surface area (Å²) in [7, 11) is -1.73. The Labute approximate surface area is 132 Å². The standard InChI is InChI=1S/C18H34O2Si/c1-10-19-12-16-14(4)17(11-15(16)13(2)3)20-21(8,9)18(5,6)7/h10,13,15,17H,1,11-12H2,2-9H3/t15-,17-/m1/s1. The van der Waals surface area contributed by atoms with Crippen LogP contribution < -0.4 is 0 Å². The fourth-order valence-electron chi connectivity index (χ4n) is 2.76. The zero-order valence-corrected chi connectivity index (χ0v) is 16.2. The van der Waals surface area contributed by atoms with Crippen LogP contribution in [0.5, 0.6) is 0 Å². The molecule has 0 aromatic heterocycles. The monoisotopic (exact) mass is 310 g/mol. The molecular weight excluding hydrogens is 276 g/mol. The zero-order chi connectivity index (χ0) is 16.4. The maximum Gasteiger partial charge on any atom is 0.192 e. The Bertz CT molecular complexity index is 402. The fraction of sp³-hybridized carbons (Fsp3) is 0.778. The van der Waals surface area contributed by atoms with E-state index in [0.717, 1.165) is 6.42 Å². The number of hydrogen-bond donors (Lipinski definition) is 0. The van der Waals surface area contributed by atoms with Gasteiger partial charge in [-0.15, -0.1) is 0 Å². The smallest absolute Gasteiger partial charge is 0.192 e. The summed E-state index contributed by atoms with van der Waals surface area (Å²) in [6.07, 6.45) is 2.91. The van der Waals surface area contributed by atoms with Crippen LogP contribution in [-0.4, -0.2) is 21.0 Å². The van der Waals surface area contributed by atoms with E-state index in [1.165, 1.54) is 11.1 Å². The highest BCUT2D eigenvalue weighted by Gasteiger charge is 2.42. The summed E-state index contributed by atoms with van der Waals surface area (Å²) in [4.78, 5) is 0. The molecule has 0 aromatic carbocycles. The molecule has 0 aliphatic heterocycles. The van der Waals surface area contributed by atoms with Gasteiger partial charge in [-0.05, 0) is 54.5 Å². The number of hydrogen-bond acceptors (Lipinski definition) is 2. The summed E-state index contributed by atoms with van der Waals surface area (Å²) in [5.74, 6) is 1.19. The molecule has 2 atom stereocenters. The van der Waals surface area contributed by atoms with Crippen molar-refractivity contribution in [3.8, 4) is 0 Å². The molecule has 0 spiro atoms. The first-order valence-corrected chi connectivity index (χ1v) is 11.0. The van der Waals surface area contributed by atoms with Gasteiger partial charge in [0.2, 0.25) is 0 Å². The average Bonchev–Trinajstić information content (AvgIpc) is 2.62. The lowest BCUT2D eigenvalue weighted by Crippen LogP contribution is -2.44. The van der Waals surface area contributed by atoms with E-state index in [2.05, 4.69) is 61.2 Å². The minimum absolute atomic E-state index is 0.251. The predicted molar refractivity (Wildman–Crippen MR) is 93.9 cm³/mol. The molecule has 0 unspecified atom stereocenters. The summed E-state index contributed by atoms with van der Waals surface area (Å²) < 4.78 is 12.1. The van der Waals surface area contributed by atoms with Crippen LogP contribution in [0.4, 0.5) is 0 Å². The summed E-state index contributed by atoms with van der Waals surface area (Å²) in [5, 5.41) is 0.251. The van der Waals surface area contributed by atoms with E-state index < -0.39 is 8.32 Å². The van der Waals surface area contributed by atoms with Crippen LogP contribution in [0.1, 0.15) is 48.0 Å². The van der Waals surface area contributed by atoms with Gasteiger partial charge in [-0.2, -0.15) is 0 Å². The van der Waals surface area contributed by atoms with Crippen LogP contribution >= 0.6 is 0 Å². The van der Waals surface area contributed by atoms with Crippen LogP contribution in [0, 0.1) is 11.8 Å². The first kappa shape index (κ1) is 18.5. The van der Waals surface area contributed by atoms with E-state index in [1.54, 1.807) is 6.26 Å². The molecule has 0 aromatic rings. The van der Waals surface area contributed by atoms with Crippen molar-refractivity contribution in [1.29, 1.82) is 0 Å².